The standard InChI is InChI=1S/C6H5NO4/c8-7(9)6-5(11-6)4-2-1-3-10-4/h1-3,5-6H/t5-,6+/m0/s1. The summed E-state index contributed by atoms with van der Waals surface area (Å²) in [7, 11) is 0. The maximum absolute atomic E-state index is 10.1. The second-order valence-electron chi connectivity index (χ2n) is 2.25. The third-order valence-corrected chi connectivity index (χ3v) is 1.50. The van der Waals surface area contributed by atoms with Crippen molar-refractivity contribution in [3.05, 3.63) is 34.3 Å². The molecule has 0 saturated carbocycles. The number of nitro groups is 1. The van der Waals surface area contributed by atoms with Crippen molar-refractivity contribution in [1.82, 2.24) is 0 Å². The van der Waals surface area contributed by atoms with E-state index in [0.29, 0.717) is 5.76 Å². The van der Waals surface area contributed by atoms with E-state index >= 15 is 0 Å². The highest BCUT2D eigenvalue weighted by Gasteiger charge is 2.53. The molecule has 58 valence electrons. The highest BCUT2D eigenvalue weighted by Crippen LogP contribution is 2.38. The molecule has 1 aliphatic rings. The van der Waals surface area contributed by atoms with Gasteiger partial charge in [-0.1, -0.05) is 0 Å². The summed E-state index contributed by atoms with van der Waals surface area (Å²) < 4.78 is 9.64. The maximum Gasteiger partial charge on any atom is 0.350 e. The molecule has 1 aromatic heterocycles. The lowest BCUT2D eigenvalue weighted by Crippen LogP contribution is -2.02. The molecule has 1 aliphatic heterocycles. The summed E-state index contributed by atoms with van der Waals surface area (Å²) in [5, 5.41) is 10.1. The predicted molar refractivity (Wildman–Crippen MR) is 33.3 cm³/mol. The first-order valence-electron chi connectivity index (χ1n) is 3.11. The van der Waals surface area contributed by atoms with Gasteiger partial charge in [-0.3, -0.25) is 14.9 Å². The number of hydrogen-bond donors (Lipinski definition) is 0. The Morgan fingerprint density at radius 2 is 2.45 bits per heavy atom. The van der Waals surface area contributed by atoms with Crippen molar-refractivity contribution in [1.29, 1.82) is 0 Å². The van der Waals surface area contributed by atoms with Crippen molar-refractivity contribution in [3.63, 3.8) is 0 Å². The lowest BCUT2D eigenvalue weighted by Gasteiger charge is -1.82. The van der Waals surface area contributed by atoms with Crippen LogP contribution in [0.2, 0.25) is 0 Å². The molecule has 0 N–H and O–H groups in total. The average molecular weight is 155 g/mol. The van der Waals surface area contributed by atoms with Gasteiger partial charge in [0, 0.05) is 0 Å². The molecule has 5 heteroatoms. The van der Waals surface area contributed by atoms with E-state index in [1.807, 2.05) is 0 Å². The highest BCUT2D eigenvalue weighted by atomic mass is 16.7. The van der Waals surface area contributed by atoms with E-state index in [4.69, 9.17) is 9.15 Å². The number of nitrogens with zero attached hydrogens (tertiary/aromatic N) is 1. The van der Waals surface area contributed by atoms with Gasteiger partial charge in [-0.2, -0.15) is 0 Å². The SMILES string of the molecule is O=[N+]([O-])[C@@H]1O[C@H]1c1ccco1. The number of rotatable bonds is 2. The fourth-order valence-electron chi connectivity index (χ4n) is 0.926. The fourth-order valence-corrected chi connectivity index (χ4v) is 0.926. The van der Waals surface area contributed by atoms with Crippen LogP contribution < -0.4 is 0 Å². The van der Waals surface area contributed by atoms with Gasteiger partial charge in [-0.25, -0.2) is 0 Å². The van der Waals surface area contributed by atoms with Gasteiger partial charge < -0.3 is 4.42 Å². The smallest absolute Gasteiger partial charge is 0.350 e. The zero-order chi connectivity index (χ0) is 7.84. The van der Waals surface area contributed by atoms with Crippen molar-refractivity contribution in [2.75, 3.05) is 0 Å². The Morgan fingerprint density at radius 1 is 1.64 bits per heavy atom. The molecule has 0 bridgehead atoms. The van der Waals surface area contributed by atoms with E-state index < -0.39 is 17.3 Å². The van der Waals surface area contributed by atoms with Crippen molar-refractivity contribution < 1.29 is 14.1 Å². The molecule has 2 rings (SSSR count). The number of furan rings is 1. The first-order valence-corrected chi connectivity index (χ1v) is 3.11. The summed E-state index contributed by atoms with van der Waals surface area (Å²) >= 11 is 0. The Balaban J connectivity index is 2.08. The Morgan fingerprint density at radius 3 is 2.91 bits per heavy atom. The van der Waals surface area contributed by atoms with Gasteiger partial charge >= 0.3 is 6.23 Å². The monoisotopic (exact) mass is 155 g/mol. The second-order valence-corrected chi connectivity index (χ2v) is 2.25. The minimum absolute atomic E-state index is 0.465. The summed E-state index contributed by atoms with van der Waals surface area (Å²) in [6.07, 6.45) is 0.0924. The van der Waals surface area contributed by atoms with Gasteiger partial charge in [0.05, 0.1) is 11.2 Å². The highest BCUT2D eigenvalue weighted by molar-refractivity contribution is 5.07. The van der Waals surface area contributed by atoms with Crippen LogP contribution in [0.3, 0.4) is 0 Å². The Bertz CT molecular complexity index is 268. The molecule has 2 atom stereocenters. The number of hydrogen-bond acceptors (Lipinski definition) is 4. The molecule has 0 unspecified atom stereocenters. The lowest BCUT2D eigenvalue weighted by molar-refractivity contribution is -0.516. The van der Waals surface area contributed by atoms with E-state index in [2.05, 4.69) is 0 Å². The quantitative estimate of drug-likeness (QED) is 0.362. The molecule has 1 saturated heterocycles. The van der Waals surface area contributed by atoms with Crippen LogP contribution in [-0.4, -0.2) is 11.2 Å². The van der Waals surface area contributed by atoms with Gasteiger partial charge in [0.15, 0.2) is 0 Å². The number of epoxide rings is 1. The van der Waals surface area contributed by atoms with Crippen LogP contribution in [-0.2, 0) is 4.74 Å². The fraction of sp³-hybridized carbons (Fsp3) is 0.333. The molecule has 0 radical (unpaired) electrons. The number of ether oxygens (including phenoxy) is 1. The normalized spacial score (nSPS) is 28.4. The Kier molecular flexibility index (Phi) is 1.19. The summed E-state index contributed by atoms with van der Waals surface area (Å²) in [5.74, 6) is 0.520. The van der Waals surface area contributed by atoms with E-state index in [1.165, 1.54) is 6.26 Å². The summed E-state index contributed by atoms with van der Waals surface area (Å²) in [5.41, 5.74) is 0. The third kappa shape index (κ3) is 0.988. The second kappa shape index (κ2) is 2.06. The zero-order valence-electron chi connectivity index (χ0n) is 5.47. The molecule has 5 nitrogen and oxygen atoms in total. The molecule has 0 aliphatic carbocycles. The van der Waals surface area contributed by atoms with Gasteiger partial charge in [0.2, 0.25) is 6.10 Å². The molecule has 11 heavy (non-hydrogen) atoms. The molecular formula is C6H5NO4. The van der Waals surface area contributed by atoms with Crippen LogP contribution in [0, 0.1) is 10.1 Å². The Labute approximate surface area is 61.7 Å². The summed E-state index contributed by atoms with van der Waals surface area (Å²) in [6, 6.07) is 3.34. The van der Waals surface area contributed by atoms with Crippen LogP contribution in [0.15, 0.2) is 22.8 Å². The first kappa shape index (κ1) is 6.36. The first-order chi connectivity index (χ1) is 5.29. The molecule has 1 fully saturated rings. The van der Waals surface area contributed by atoms with Crippen LogP contribution in [0.5, 0.6) is 0 Å². The average Bonchev–Trinajstić information content (AvgIpc) is 2.60. The predicted octanol–water partition coefficient (Wildman–Crippen LogP) is 0.954. The van der Waals surface area contributed by atoms with Crippen molar-refractivity contribution >= 4 is 0 Å². The van der Waals surface area contributed by atoms with Crippen molar-refractivity contribution in [3.8, 4) is 0 Å². The molecule has 0 aromatic carbocycles. The molecular weight excluding hydrogens is 150 g/mol. The van der Waals surface area contributed by atoms with E-state index in [1.54, 1.807) is 12.1 Å². The van der Waals surface area contributed by atoms with E-state index in [-0.39, 0.29) is 0 Å². The summed E-state index contributed by atoms with van der Waals surface area (Å²) in [4.78, 5) is 9.64. The van der Waals surface area contributed by atoms with Gasteiger partial charge in [0.25, 0.3) is 0 Å². The molecule has 1 aromatic rings. The van der Waals surface area contributed by atoms with Crippen LogP contribution in [0.1, 0.15) is 11.9 Å². The van der Waals surface area contributed by atoms with E-state index in [9.17, 15) is 10.1 Å². The molecule has 0 spiro atoms. The minimum Gasteiger partial charge on any atom is -0.466 e. The van der Waals surface area contributed by atoms with Crippen molar-refractivity contribution in [2.24, 2.45) is 0 Å². The molecule has 2 heterocycles. The summed E-state index contributed by atoms with van der Waals surface area (Å²) in [6.45, 7) is 0. The van der Waals surface area contributed by atoms with Gasteiger partial charge in [-0.15, -0.1) is 0 Å². The maximum atomic E-state index is 10.1. The van der Waals surface area contributed by atoms with Crippen molar-refractivity contribution in [2.45, 2.75) is 12.3 Å². The Hall–Kier alpha value is -1.36. The van der Waals surface area contributed by atoms with Gasteiger partial charge in [0.1, 0.15) is 5.76 Å². The van der Waals surface area contributed by atoms with E-state index in [0.717, 1.165) is 0 Å². The zero-order valence-corrected chi connectivity index (χ0v) is 5.47. The van der Waals surface area contributed by atoms with Gasteiger partial charge in [-0.05, 0) is 12.1 Å². The molecule has 0 amide bonds. The minimum atomic E-state index is -0.902. The third-order valence-electron chi connectivity index (χ3n) is 1.50. The van der Waals surface area contributed by atoms with Crippen LogP contribution in [0.25, 0.3) is 0 Å². The lowest BCUT2D eigenvalue weighted by atomic mass is 10.3. The van der Waals surface area contributed by atoms with Crippen LogP contribution in [0.4, 0.5) is 0 Å². The topological polar surface area (TPSA) is 68.8 Å². The largest absolute Gasteiger partial charge is 0.466 e. The van der Waals surface area contributed by atoms with Crippen LogP contribution >= 0.6 is 0 Å².